The van der Waals surface area contributed by atoms with Crippen LogP contribution < -0.4 is 0 Å². The zero-order valence-corrected chi connectivity index (χ0v) is 14.6. The van der Waals surface area contributed by atoms with E-state index in [4.69, 9.17) is 4.99 Å². The predicted octanol–water partition coefficient (Wildman–Crippen LogP) is 3.69. The van der Waals surface area contributed by atoms with Crippen molar-refractivity contribution in [3.05, 3.63) is 71.8 Å². The van der Waals surface area contributed by atoms with Gasteiger partial charge in [-0.1, -0.05) is 60.7 Å². The third-order valence-electron chi connectivity index (χ3n) is 3.87. The molecule has 122 valence electrons. The van der Waals surface area contributed by atoms with Gasteiger partial charge in [0.05, 0.1) is 0 Å². The lowest BCUT2D eigenvalue weighted by Crippen LogP contribution is -2.35. The van der Waals surface area contributed by atoms with Gasteiger partial charge in [0.2, 0.25) is 0 Å². The lowest BCUT2D eigenvalue weighted by Gasteiger charge is -2.23. The van der Waals surface area contributed by atoms with Crippen LogP contribution in [0.4, 0.5) is 0 Å². The average molecular weight is 309 g/mol. The Morgan fingerprint density at radius 3 is 1.61 bits per heavy atom. The van der Waals surface area contributed by atoms with Crippen LogP contribution in [0.2, 0.25) is 0 Å². The van der Waals surface area contributed by atoms with Crippen molar-refractivity contribution in [2.45, 2.75) is 12.3 Å². The van der Waals surface area contributed by atoms with E-state index in [1.807, 2.05) is 28.2 Å². The van der Waals surface area contributed by atoms with Crippen LogP contribution >= 0.6 is 0 Å². The monoisotopic (exact) mass is 309 g/mol. The topological polar surface area (TPSA) is 18.8 Å². The summed E-state index contributed by atoms with van der Waals surface area (Å²) >= 11 is 0. The van der Waals surface area contributed by atoms with Crippen molar-refractivity contribution in [1.82, 2.24) is 9.80 Å². The number of hydrogen-bond acceptors (Lipinski definition) is 1. The summed E-state index contributed by atoms with van der Waals surface area (Å²) in [4.78, 5) is 8.89. The molecule has 0 unspecified atom stereocenters. The largest absolute Gasteiger partial charge is 0.349 e. The first-order chi connectivity index (χ1) is 11.1. The highest BCUT2D eigenvalue weighted by Crippen LogP contribution is 2.27. The molecular formula is C20H27N3. The summed E-state index contributed by atoms with van der Waals surface area (Å²) < 4.78 is 0. The fourth-order valence-corrected chi connectivity index (χ4v) is 2.87. The molecule has 0 amide bonds. The maximum atomic E-state index is 4.78. The van der Waals surface area contributed by atoms with Crippen LogP contribution in [0.25, 0.3) is 0 Å². The van der Waals surface area contributed by atoms with E-state index in [0.717, 1.165) is 18.9 Å². The van der Waals surface area contributed by atoms with E-state index in [1.54, 1.807) is 0 Å². The standard InChI is InChI=1S/C20H27N3/c1-22(2)20(23(3)4)21-16-15-19(17-11-7-5-8-12-17)18-13-9-6-10-14-18/h5-14,19H,15-16H2,1-4H3. The van der Waals surface area contributed by atoms with Gasteiger partial charge in [-0.25, -0.2) is 0 Å². The number of benzene rings is 2. The minimum Gasteiger partial charge on any atom is -0.349 e. The Kier molecular flexibility index (Phi) is 6.21. The van der Waals surface area contributed by atoms with Crippen molar-refractivity contribution in [2.24, 2.45) is 4.99 Å². The normalized spacial score (nSPS) is 10.5. The lowest BCUT2D eigenvalue weighted by atomic mass is 9.89. The fourth-order valence-electron chi connectivity index (χ4n) is 2.87. The quantitative estimate of drug-likeness (QED) is 0.619. The molecule has 0 atom stereocenters. The van der Waals surface area contributed by atoms with Crippen LogP contribution in [-0.4, -0.2) is 50.5 Å². The summed E-state index contributed by atoms with van der Waals surface area (Å²) in [5.74, 6) is 1.39. The van der Waals surface area contributed by atoms with Gasteiger partial charge in [0.15, 0.2) is 5.96 Å². The molecule has 0 N–H and O–H groups in total. The van der Waals surface area contributed by atoms with Gasteiger partial charge in [-0.2, -0.15) is 0 Å². The Balaban J connectivity index is 2.18. The van der Waals surface area contributed by atoms with Crippen LogP contribution in [0.3, 0.4) is 0 Å². The maximum absolute atomic E-state index is 4.78. The Bertz CT molecular complexity index is 554. The van der Waals surface area contributed by atoms with Gasteiger partial charge in [-0.15, -0.1) is 0 Å². The molecule has 0 saturated carbocycles. The van der Waals surface area contributed by atoms with E-state index in [9.17, 15) is 0 Å². The SMILES string of the molecule is CN(C)C(=NCCC(c1ccccc1)c1ccccc1)N(C)C. The summed E-state index contributed by atoms with van der Waals surface area (Å²) in [6, 6.07) is 21.4. The van der Waals surface area contributed by atoms with E-state index < -0.39 is 0 Å². The number of nitrogens with zero attached hydrogens (tertiary/aromatic N) is 3. The maximum Gasteiger partial charge on any atom is 0.195 e. The molecule has 0 fully saturated rings. The van der Waals surface area contributed by atoms with Crippen LogP contribution in [0.1, 0.15) is 23.5 Å². The Morgan fingerprint density at radius 2 is 1.22 bits per heavy atom. The molecule has 0 aromatic heterocycles. The van der Waals surface area contributed by atoms with Crippen molar-refractivity contribution >= 4 is 5.96 Å². The molecule has 2 aromatic carbocycles. The summed E-state index contributed by atoms with van der Waals surface area (Å²) in [5.41, 5.74) is 2.70. The van der Waals surface area contributed by atoms with Crippen LogP contribution in [0, 0.1) is 0 Å². The smallest absolute Gasteiger partial charge is 0.195 e. The minimum absolute atomic E-state index is 0.381. The fraction of sp³-hybridized carbons (Fsp3) is 0.350. The molecule has 0 aliphatic carbocycles. The van der Waals surface area contributed by atoms with Gasteiger partial charge in [0, 0.05) is 40.7 Å². The summed E-state index contributed by atoms with van der Waals surface area (Å²) in [6.07, 6.45) is 0.999. The molecule has 3 heteroatoms. The first kappa shape index (κ1) is 17.1. The number of hydrogen-bond donors (Lipinski definition) is 0. The van der Waals surface area contributed by atoms with Crippen molar-refractivity contribution < 1.29 is 0 Å². The zero-order valence-electron chi connectivity index (χ0n) is 14.6. The zero-order chi connectivity index (χ0) is 16.7. The van der Waals surface area contributed by atoms with Gasteiger partial charge in [-0.05, 0) is 17.5 Å². The van der Waals surface area contributed by atoms with E-state index in [1.165, 1.54) is 11.1 Å². The molecule has 3 nitrogen and oxygen atoms in total. The molecule has 0 radical (unpaired) electrons. The predicted molar refractivity (Wildman–Crippen MR) is 99.0 cm³/mol. The molecule has 2 rings (SSSR count). The van der Waals surface area contributed by atoms with Crippen molar-refractivity contribution in [3.63, 3.8) is 0 Å². The van der Waals surface area contributed by atoms with Gasteiger partial charge in [0.25, 0.3) is 0 Å². The Hall–Kier alpha value is -2.29. The average Bonchev–Trinajstić information content (AvgIpc) is 2.56. The molecule has 0 saturated heterocycles. The minimum atomic E-state index is 0.381. The van der Waals surface area contributed by atoms with Crippen LogP contribution in [-0.2, 0) is 0 Å². The molecule has 2 aromatic rings. The molecule has 0 heterocycles. The molecule has 0 spiro atoms. The highest BCUT2D eigenvalue weighted by Gasteiger charge is 2.13. The number of rotatable bonds is 5. The van der Waals surface area contributed by atoms with Gasteiger partial charge < -0.3 is 9.80 Å². The van der Waals surface area contributed by atoms with Crippen LogP contribution in [0.15, 0.2) is 65.7 Å². The number of guanidine groups is 1. The van der Waals surface area contributed by atoms with Crippen molar-refractivity contribution in [3.8, 4) is 0 Å². The van der Waals surface area contributed by atoms with E-state index in [0.29, 0.717) is 5.92 Å². The summed E-state index contributed by atoms with van der Waals surface area (Å²) in [7, 11) is 8.13. The van der Waals surface area contributed by atoms with E-state index >= 15 is 0 Å². The highest BCUT2D eigenvalue weighted by atomic mass is 15.3. The highest BCUT2D eigenvalue weighted by molar-refractivity contribution is 5.79. The van der Waals surface area contributed by atoms with Gasteiger partial charge in [0.1, 0.15) is 0 Å². The Morgan fingerprint density at radius 1 is 0.783 bits per heavy atom. The second kappa shape index (κ2) is 8.37. The van der Waals surface area contributed by atoms with Crippen molar-refractivity contribution in [1.29, 1.82) is 0 Å². The molecule has 0 aliphatic heterocycles. The van der Waals surface area contributed by atoms with Crippen LogP contribution in [0.5, 0.6) is 0 Å². The second-order valence-electron chi connectivity index (χ2n) is 6.13. The molecule has 0 aliphatic rings. The van der Waals surface area contributed by atoms with E-state index in [2.05, 4.69) is 70.5 Å². The van der Waals surface area contributed by atoms with E-state index in [-0.39, 0.29) is 0 Å². The molecule has 0 bridgehead atoms. The summed E-state index contributed by atoms with van der Waals surface area (Å²) in [5, 5.41) is 0. The second-order valence-corrected chi connectivity index (χ2v) is 6.13. The lowest BCUT2D eigenvalue weighted by molar-refractivity contribution is 0.478. The molecule has 23 heavy (non-hydrogen) atoms. The summed E-state index contributed by atoms with van der Waals surface area (Å²) in [6.45, 7) is 0.806. The number of aliphatic imine (C=N–C) groups is 1. The Labute approximate surface area is 140 Å². The van der Waals surface area contributed by atoms with Gasteiger partial charge in [-0.3, -0.25) is 4.99 Å². The first-order valence-corrected chi connectivity index (χ1v) is 8.08. The third kappa shape index (κ3) is 4.85. The van der Waals surface area contributed by atoms with Gasteiger partial charge >= 0.3 is 0 Å². The first-order valence-electron chi connectivity index (χ1n) is 8.08. The van der Waals surface area contributed by atoms with Crippen molar-refractivity contribution in [2.75, 3.05) is 34.7 Å². The third-order valence-corrected chi connectivity index (χ3v) is 3.87. The molecular weight excluding hydrogens is 282 g/mol.